The lowest BCUT2D eigenvalue weighted by Gasteiger charge is -2.30. The Morgan fingerprint density at radius 1 is 1.19 bits per heavy atom. The zero-order valence-electron chi connectivity index (χ0n) is 19.6. The van der Waals surface area contributed by atoms with Crippen LogP contribution >= 0.6 is 24.0 Å². The molecule has 0 saturated carbocycles. The van der Waals surface area contributed by atoms with Crippen LogP contribution < -0.4 is 5.32 Å². The Morgan fingerprint density at radius 3 is 2.45 bits per heavy atom. The number of benzene rings is 1. The number of oxazole rings is 1. The third kappa shape index (κ3) is 7.79. The van der Waals surface area contributed by atoms with Gasteiger partial charge in [-0.1, -0.05) is 29.8 Å². The Labute approximate surface area is 204 Å². The van der Waals surface area contributed by atoms with Crippen molar-refractivity contribution in [3.8, 4) is 0 Å². The Hall–Kier alpha value is -1.61. The maximum Gasteiger partial charge on any atom is 0.208 e. The molecule has 1 aliphatic heterocycles. The summed E-state index contributed by atoms with van der Waals surface area (Å²) in [6.07, 6.45) is 2.34. The summed E-state index contributed by atoms with van der Waals surface area (Å²) in [5, 5.41) is 3.45. The Kier molecular flexibility index (Phi) is 10.3. The third-order valence-electron chi connectivity index (χ3n) is 5.87. The van der Waals surface area contributed by atoms with Crippen molar-refractivity contribution in [1.29, 1.82) is 0 Å². The van der Waals surface area contributed by atoms with Crippen LogP contribution in [0.2, 0.25) is 0 Å². The maximum absolute atomic E-state index is 5.74. The van der Waals surface area contributed by atoms with E-state index in [1.165, 1.54) is 24.0 Å². The van der Waals surface area contributed by atoms with Crippen LogP contribution in [-0.4, -0.2) is 54.0 Å². The number of aromatic nitrogens is 1. The number of piperidine rings is 1. The molecule has 1 aromatic carbocycles. The molecule has 0 amide bonds. The largest absolute Gasteiger partial charge is 0.444 e. The number of nitrogens with one attached hydrogen (secondary N) is 1. The first-order valence-corrected chi connectivity index (χ1v) is 11.1. The Bertz CT molecular complexity index is 805. The Balaban J connectivity index is 0.00000341. The molecule has 7 heteroatoms. The molecule has 0 unspecified atom stereocenters. The lowest BCUT2D eigenvalue weighted by Crippen LogP contribution is -2.39. The molecule has 1 N–H and O–H groups in total. The van der Waals surface area contributed by atoms with E-state index < -0.39 is 0 Å². The normalized spacial score (nSPS) is 15.6. The minimum absolute atomic E-state index is 0. The lowest BCUT2D eigenvalue weighted by molar-refractivity contribution is 0.166. The molecular formula is C24H38IN5O. The monoisotopic (exact) mass is 539 g/mol. The van der Waals surface area contributed by atoms with Crippen molar-refractivity contribution in [3.63, 3.8) is 0 Å². The second kappa shape index (κ2) is 12.4. The first kappa shape index (κ1) is 25.6. The standard InChI is InChI=1S/C24H37N5O.HI/c1-6-25-24(28(5)16-22-9-7-18(2)8-10-22)26-15-21-11-13-29(14-12-21)17-23-27-19(3)20(4)30-23;/h7-10,21H,6,11-17H2,1-5H3,(H,25,26);1H. The van der Waals surface area contributed by atoms with E-state index >= 15 is 0 Å². The van der Waals surface area contributed by atoms with Gasteiger partial charge in [-0.3, -0.25) is 9.89 Å². The predicted octanol–water partition coefficient (Wildman–Crippen LogP) is 4.53. The first-order valence-electron chi connectivity index (χ1n) is 11.1. The number of aliphatic imine (C=N–C) groups is 1. The molecule has 1 fully saturated rings. The smallest absolute Gasteiger partial charge is 0.208 e. The van der Waals surface area contributed by atoms with Crippen molar-refractivity contribution < 1.29 is 4.42 Å². The number of likely N-dealkylation sites (tertiary alicyclic amines) is 1. The van der Waals surface area contributed by atoms with Gasteiger partial charge in [0.1, 0.15) is 5.76 Å². The van der Waals surface area contributed by atoms with Crippen LogP contribution in [0.4, 0.5) is 0 Å². The molecule has 0 spiro atoms. The molecule has 2 heterocycles. The van der Waals surface area contributed by atoms with Crippen LogP contribution in [0.5, 0.6) is 0 Å². The minimum atomic E-state index is 0. The molecule has 0 aliphatic carbocycles. The molecule has 3 rings (SSSR count). The highest BCUT2D eigenvalue weighted by atomic mass is 127. The Morgan fingerprint density at radius 2 is 1.87 bits per heavy atom. The molecule has 6 nitrogen and oxygen atoms in total. The van der Waals surface area contributed by atoms with Crippen molar-refractivity contribution in [2.24, 2.45) is 10.9 Å². The number of halogens is 1. The fraction of sp³-hybridized carbons (Fsp3) is 0.583. The molecule has 31 heavy (non-hydrogen) atoms. The highest BCUT2D eigenvalue weighted by molar-refractivity contribution is 14.0. The molecule has 1 saturated heterocycles. The summed E-state index contributed by atoms with van der Waals surface area (Å²) in [5.74, 6) is 3.40. The summed E-state index contributed by atoms with van der Waals surface area (Å²) in [6.45, 7) is 13.8. The van der Waals surface area contributed by atoms with Crippen molar-refractivity contribution in [2.75, 3.05) is 33.2 Å². The summed E-state index contributed by atoms with van der Waals surface area (Å²) >= 11 is 0. The molecule has 0 radical (unpaired) electrons. The number of aryl methyl sites for hydroxylation is 3. The first-order chi connectivity index (χ1) is 14.4. The average molecular weight is 540 g/mol. The van der Waals surface area contributed by atoms with Gasteiger partial charge in [0.2, 0.25) is 5.89 Å². The van der Waals surface area contributed by atoms with Crippen molar-refractivity contribution >= 4 is 29.9 Å². The summed E-state index contributed by atoms with van der Waals surface area (Å²) in [6, 6.07) is 8.73. The van der Waals surface area contributed by atoms with E-state index in [9.17, 15) is 0 Å². The number of guanidine groups is 1. The van der Waals surface area contributed by atoms with E-state index in [2.05, 4.69) is 65.3 Å². The van der Waals surface area contributed by atoms with Crippen LogP contribution in [0.3, 0.4) is 0 Å². The highest BCUT2D eigenvalue weighted by Crippen LogP contribution is 2.20. The van der Waals surface area contributed by atoms with Gasteiger partial charge in [0.05, 0.1) is 12.2 Å². The van der Waals surface area contributed by atoms with Gasteiger partial charge in [-0.2, -0.15) is 0 Å². The third-order valence-corrected chi connectivity index (χ3v) is 5.87. The van der Waals surface area contributed by atoms with Gasteiger partial charge in [-0.05, 0) is 65.1 Å². The quantitative estimate of drug-likeness (QED) is 0.319. The average Bonchev–Trinajstić information content (AvgIpc) is 3.04. The predicted molar refractivity (Wildman–Crippen MR) is 138 cm³/mol. The van der Waals surface area contributed by atoms with Gasteiger partial charge in [0, 0.05) is 26.7 Å². The highest BCUT2D eigenvalue weighted by Gasteiger charge is 2.21. The van der Waals surface area contributed by atoms with Crippen LogP contribution in [0.1, 0.15) is 48.2 Å². The number of hydrogen-bond acceptors (Lipinski definition) is 4. The van der Waals surface area contributed by atoms with Crippen LogP contribution in [-0.2, 0) is 13.1 Å². The van der Waals surface area contributed by atoms with E-state index in [1.807, 2.05) is 13.8 Å². The SMILES string of the molecule is CCNC(=NCC1CCN(Cc2nc(C)c(C)o2)CC1)N(C)Cc1ccc(C)cc1.I. The summed E-state index contributed by atoms with van der Waals surface area (Å²) in [4.78, 5) is 14.1. The van der Waals surface area contributed by atoms with Gasteiger partial charge in [-0.15, -0.1) is 24.0 Å². The second-order valence-electron chi connectivity index (χ2n) is 8.51. The zero-order valence-corrected chi connectivity index (χ0v) is 22.0. The van der Waals surface area contributed by atoms with Crippen molar-refractivity contribution in [2.45, 2.75) is 53.6 Å². The molecule has 0 atom stereocenters. The fourth-order valence-electron chi connectivity index (χ4n) is 3.85. The van der Waals surface area contributed by atoms with E-state index in [0.29, 0.717) is 5.92 Å². The van der Waals surface area contributed by atoms with E-state index in [4.69, 9.17) is 9.41 Å². The molecule has 2 aromatic rings. The van der Waals surface area contributed by atoms with Gasteiger partial charge in [0.15, 0.2) is 5.96 Å². The molecular weight excluding hydrogens is 501 g/mol. The second-order valence-corrected chi connectivity index (χ2v) is 8.51. The van der Waals surface area contributed by atoms with Gasteiger partial charge in [0.25, 0.3) is 0 Å². The lowest BCUT2D eigenvalue weighted by atomic mass is 9.97. The van der Waals surface area contributed by atoms with E-state index in [0.717, 1.165) is 62.6 Å². The van der Waals surface area contributed by atoms with Gasteiger partial charge < -0.3 is 14.6 Å². The zero-order chi connectivity index (χ0) is 21.5. The molecule has 1 aromatic heterocycles. The molecule has 0 bridgehead atoms. The summed E-state index contributed by atoms with van der Waals surface area (Å²) < 4.78 is 5.74. The summed E-state index contributed by atoms with van der Waals surface area (Å²) in [5.41, 5.74) is 3.60. The molecule has 1 aliphatic rings. The van der Waals surface area contributed by atoms with Crippen LogP contribution in [0.25, 0.3) is 0 Å². The van der Waals surface area contributed by atoms with E-state index in [-0.39, 0.29) is 24.0 Å². The number of nitrogens with zero attached hydrogens (tertiary/aromatic N) is 4. The molecule has 172 valence electrons. The topological polar surface area (TPSA) is 56.9 Å². The maximum atomic E-state index is 5.74. The van der Waals surface area contributed by atoms with Crippen LogP contribution in [0.15, 0.2) is 33.7 Å². The number of hydrogen-bond donors (Lipinski definition) is 1. The van der Waals surface area contributed by atoms with Crippen molar-refractivity contribution in [1.82, 2.24) is 20.1 Å². The minimum Gasteiger partial charge on any atom is -0.444 e. The fourth-order valence-corrected chi connectivity index (χ4v) is 3.85. The number of rotatable bonds is 7. The van der Waals surface area contributed by atoms with Gasteiger partial charge in [-0.25, -0.2) is 4.98 Å². The summed E-state index contributed by atoms with van der Waals surface area (Å²) in [7, 11) is 2.12. The van der Waals surface area contributed by atoms with Gasteiger partial charge >= 0.3 is 0 Å². The van der Waals surface area contributed by atoms with Crippen molar-refractivity contribution in [3.05, 3.63) is 52.7 Å². The van der Waals surface area contributed by atoms with Crippen LogP contribution in [0, 0.1) is 26.7 Å². The van der Waals surface area contributed by atoms with E-state index in [1.54, 1.807) is 0 Å².